The second-order valence-electron chi connectivity index (χ2n) is 8.02. The first-order chi connectivity index (χ1) is 15.5. The van der Waals surface area contributed by atoms with E-state index in [1.165, 1.54) is 0 Å². The molecule has 8 heteroatoms. The number of nitrogens with zero attached hydrogens (tertiary/aromatic N) is 2. The van der Waals surface area contributed by atoms with E-state index in [1.807, 2.05) is 17.0 Å². The summed E-state index contributed by atoms with van der Waals surface area (Å²) in [5, 5.41) is 3.19. The Morgan fingerprint density at radius 3 is 2.41 bits per heavy atom. The van der Waals surface area contributed by atoms with E-state index < -0.39 is 5.91 Å². The highest BCUT2D eigenvalue weighted by molar-refractivity contribution is 6.31. The fourth-order valence-corrected chi connectivity index (χ4v) is 4.22. The summed E-state index contributed by atoms with van der Waals surface area (Å²) in [7, 11) is 0. The lowest BCUT2D eigenvalue weighted by Gasteiger charge is -2.27. The largest absolute Gasteiger partial charge is 0.484 e. The maximum Gasteiger partial charge on any atom is 0.262 e. The molecule has 0 unspecified atom stereocenters. The molecular weight excluding hydrogens is 430 g/mol. The van der Waals surface area contributed by atoms with E-state index in [2.05, 4.69) is 5.32 Å². The van der Waals surface area contributed by atoms with E-state index in [-0.39, 0.29) is 18.4 Å². The molecule has 2 aromatic carbocycles. The molecule has 32 heavy (non-hydrogen) atoms. The molecule has 0 aliphatic carbocycles. The van der Waals surface area contributed by atoms with Crippen LogP contribution in [0.2, 0.25) is 5.02 Å². The third-order valence-corrected chi connectivity index (χ3v) is 5.96. The monoisotopic (exact) mass is 455 g/mol. The van der Waals surface area contributed by atoms with Crippen molar-refractivity contribution in [2.45, 2.75) is 32.1 Å². The first kappa shape index (κ1) is 22.1. The quantitative estimate of drug-likeness (QED) is 0.710. The van der Waals surface area contributed by atoms with Crippen LogP contribution in [-0.2, 0) is 9.59 Å². The van der Waals surface area contributed by atoms with Crippen molar-refractivity contribution in [3.05, 3.63) is 53.1 Å². The maximum atomic E-state index is 12.9. The topological polar surface area (TPSA) is 79.0 Å². The van der Waals surface area contributed by atoms with Crippen LogP contribution in [0.15, 0.2) is 42.5 Å². The van der Waals surface area contributed by atoms with Crippen LogP contribution in [0.3, 0.4) is 0 Å². The molecule has 2 heterocycles. The molecule has 2 aliphatic rings. The van der Waals surface area contributed by atoms with Crippen molar-refractivity contribution >= 4 is 40.7 Å². The highest BCUT2D eigenvalue weighted by atomic mass is 35.5. The molecule has 0 radical (unpaired) electrons. The van der Waals surface area contributed by atoms with E-state index in [4.69, 9.17) is 16.3 Å². The zero-order valence-corrected chi connectivity index (χ0v) is 18.6. The minimum absolute atomic E-state index is 0.107. The summed E-state index contributed by atoms with van der Waals surface area (Å²) in [5.74, 6) is 0.143. The molecule has 4 rings (SSSR count). The van der Waals surface area contributed by atoms with Gasteiger partial charge in [0.2, 0.25) is 5.91 Å². The number of amides is 3. The number of carbonyl (C=O) groups excluding carboxylic acids is 3. The number of hydrogen-bond acceptors (Lipinski definition) is 4. The number of nitrogens with one attached hydrogen (secondary N) is 1. The van der Waals surface area contributed by atoms with E-state index >= 15 is 0 Å². The molecule has 0 aromatic heterocycles. The molecule has 0 spiro atoms. The predicted molar refractivity (Wildman–Crippen MR) is 123 cm³/mol. The summed E-state index contributed by atoms with van der Waals surface area (Å²) >= 11 is 6.11. The van der Waals surface area contributed by atoms with Crippen molar-refractivity contribution in [3.63, 3.8) is 0 Å². The minimum atomic E-state index is -0.390. The molecule has 2 aromatic rings. The molecule has 0 atom stereocenters. The van der Waals surface area contributed by atoms with Crippen molar-refractivity contribution in [3.8, 4) is 5.75 Å². The molecule has 168 valence electrons. The van der Waals surface area contributed by atoms with Crippen LogP contribution in [0, 0.1) is 0 Å². The van der Waals surface area contributed by atoms with Gasteiger partial charge in [-0.15, -0.1) is 0 Å². The van der Waals surface area contributed by atoms with Crippen molar-refractivity contribution in [1.29, 1.82) is 0 Å². The van der Waals surface area contributed by atoms with Crippen molar-refractivity contribution in [2.75, 3.05) is 36.5 Å². The zero-order valence-electron chi connectivity index (χ0n) is 17.8. The van der Waals surface area contributed by atoms with Gasteiger partial charge >= 0.3 is 0 Å². The predicted octanol–water partition coefficient (Wildman–Crippen LogP) is 4.11. The van der Waals surface area contributed by atoms with Crippen LogP contribution < -0.4 is 15.0 Å². The van der Waals surface area contributed by atoms with Gasteiger partial charge in [0.1, 0.15) is 5.75 Å². The van der Waals surface area contributed by atoms with Gasteiger partial charge in [-0.3, -0.25) is 14.4 Å². The van der Waals surface area contributed by atoms with E-state index in [0.29, 0.717) is 28.4 Å². The number of anilines is 2. The number of carbonyl (C=O) groups is 3. The van der Waals surface area contributed by atoms with Crippen LogP contribution >= 0.6 is 11.6 Å². The first-order valence-corrected chi connectivity index (χ1v) is 11.3. The number of benzene rings is 2. The van der Waals surface area contributed by atoms with Gasteiger partial charge in [-0.05, 0) is 68.1 Å². The molecule has 2 aliphatic heterocycles. The summed E-state index contributed by atoms with van der Waals surface area (Å²) in [4.78, 5) is 40.9. The smallest absolute Gasteiger partial charge is 0.262 e. The number of likely N-dealkylation sites (tertiary alicyclic amines) is 1. The fourth-order valence-electron chi connectivity index (χ4n) is 4.05. The molecule has 3 amide bonds. The summed E-state index contributed by atoms with van der Waals surface area (Å²) in [6.45, 7) is 1.94. The van der Waals surface area contributed by atoms with Crippen molar-refractivity contribution in [2.24, 2.45) is 0 Å². The van der Waals surface area contributed by atoms with Crippen molar-refractivity contribution in [1.82, 2.24) is 4.90 Å². The van der Waals surface area contributed by atoms with Gasteiger partial charge < -0.3 is 19.9 Å². The highest BCUT2D eigenvalue weighted by Crippen LogP contribution is 2.25. The second-order valence-corrected chi connectivity index (χ2v) is 8.46. The summed E-state index contributed by atoms with van der Waals surface area (Å²) in [5.41, 5.74) is 1.62. The lowest BCUT2D eigenvalue weighted by molar-refractivity contribution is -0.118. The zero-order chi connectivity index (χ0) is 22.5. The Bertz CT molecular complexity index is 1000. The maximum absolute atomic E-state index is 12.9. The summed E-state index contributed by atoms with van der Waals surface area (Å²) in [6, 6.07) is 12.0. The molecule has 2 saturated heterocycles. The molecule has 2 fully saturated rings. The van der Waals surface area contributed by atoms with E-state index in [1.54, 1.807) is 35.2 Å². The van der Waals surface area contributed by atoms with Gasteiger partial charge in [0.05, 0.1) is 11.3 Å². The van der Waals surface area contributed by atoms with Crippen LogP contribution in [0.5, 0.6) is 5.75 Å². The fraction of sp³-hybridized carbons (Fsp3) is 0.375. The lowest BCUT2D eigenvalue weighted by atomic mass is 10.1. The third kappa shape index (κ3) is 5.22. The molecule has 1 N–H and O–H groups in total. The Labute approximate surface area is 192 Å². The SMILES string of the molecule is O=C(COc1ccc(N2CCCC2=O)cc1)Nc1cc(Cl)ccc1C(=O)N1CCCCC1. The van der Waals surface area contributed by atoms with Gasteiger partial charge in [0.25, 0.3) is 11.8 Å². The number of hydrogen-bond donors (Lipinski definition) is 1. The molecule has 0 saturated carbocycles. The Balaban J connectivity index is 1.37. The summed E-state index contributed by atoms with van der Waals surface area (Å²) < 4.78 is 5.59. The van der Waals surface area contributed by atoms with E-state index in [9.17, 15) is 14.4 Å². The average Bonchev–Trinajstić information content (AvgIpc) is 3.24. The Morgan fingerprint density at radius 1 is 0.969 bits per heavy atom. The third-order valence-electron chi connectivity index (χ3n) is 5.72. The first-order valence-electron chi connectivity index (χ1n) is 10.9. The highest BCUT2D eigenvalue weighted by Gasteiger charge is 2.23. The van der Waals surface area contributed by atoms with Crippen LogP contribution in [0.25, 0.3) is 0 Å². The molecule has 7 nitrogen and oxygen atoms in total. The second kappa shape index (κ2) is 10.0. The number of ether oxygens (including phenoxy) is 1. The van der Waals surface area contributed by atoms with Gasteiger partial charge in [0.15, 0.2) is 6.61 Å². The summed E-state index contributed by atoms with van der Waals surface area (Å²) in [6.07, 6.45) is 4.53. The average molecular weight is 456 g/mol. The van der Waals surface area contributed by atoms with Gasteiger partial charge in [0, 0.05) is 36.8 Å². The number of piperidine rings is 1. The van der Waals surface area contributed by atoms with Gasteiger partial charge in [-0.2, -0.15) is 0 Å². The normalized spacial score (nSPS) is 16.2. The Hall–Kier alpha value is -3.06. The van der Waals surface area contributed by atoms with Crippen molar-refractivity contribution < 1.29 is 19.1 Å². The number of halogens is 1. The van der Waals surface area contributed by atoms with Gasteiger partial charge in [-0.1, -0.05) is 11.6 Å². The Kier molecular flexibility index (Phi) is 6.95. The molecule has 0 bridgehead atoms. The number of rotatable bonds is 6. The standard InChI is InChI=1S/C24H26ClN3O4/c25-17-6-11-20(24(31)27-12-2-1-3-13-27)21(15-17)26-22(29)16-32-19-9-7-18(8-10-19)28-14-4-5-23(28)30/h6-11,15H,1-5,12-14,16H2,(H,26,29). The van der Waals surface area contributed by atoms with Gasteiger partial charge in [-0.25, -0.2) is 0 Å². The molecular formula is C24H26ClN3O4. The Morgan fingerprint density at radius 2 is 1.72 bits per heavy atom. The van der Waals surface area contributed by atoms with Crippen LogP contribution in [0.1, 0.15) is 42.5 Å². The lowest BCUT2D eigenvalue weighted by Crippen LogP contribution is -2.36. The van der Waals surface area contributed by atoms with Crippen LogP contribution in [-0.4, -0.2) is 48.9 Å². The van der Waals surface area contributed by atoms with E-state index in [0.717, 1.165) is 51.0 Å². The minimum Gasteiger partial charge on any atom is -0.484 e. The van der Waals surface area contributed by atoms with Crippen LogP contribution in [0.4, 0.5) is 11.4 Å².